The van der Waals surface area contributed by atoms with Crippen molar-refractivity contribution in [2.45, 2.75) is 26.4 Å². The van der Waals surface area contributed by atoms with E-state index in [0.717, 1.165) is 12.1 Å². The molecular weight excluding hydrogens is 214 g/mol. The monoisotopic (exact) mass is 228 g/mol. The first-order valence-electron chi connectivity index (χ1n) is 5.10. The van der Waals surface area contributed by atoms with E-state index in [2.05, 4.69) is 0 Å². The molecule has 0 atom stereocenters. The number of carbonyl (C=O) groups is 1. The second kappa shape index (κ2) is 5.70. The number of Topliss-reactive ketones (excluding diaryl/α,β-unsaturated/α-hetero) is 1. The molecule has 2 nitrogen and oxygen atoms in total. The number of ketones is 1. The summed E-state index contributed by atoms with van der Waals surface area (Å²) in [4.78, 5) is 11.5. The average molecular weight is 228 g/mol. The van der Waals surface area contributed by atoms with Crippen molar-refractivity contribution in [2.24, 2.45) is 0 Å². The zero-order valence-electron chi connectivity index (χ0n) is 9.30. The van der Waals surface area contributed by atoms with Gasteiger partial charge in [-0.05, 0) is 32.0 Å². The van der Waals surface area contributed by atoms with Crippen LogP contribution >= 0.6 is 0 Å². The Hall–Kier alpha value is -1.29. The Morgan fingerprint density at radius 3 is 2.56 bits per heavy atom. The van der Waals surface area contributed by atoms with Crippen LogP contribution in [0.3, 0.4) is 0 Å². The molecule has 0 amide bonds. The molecule has 0 aliphatic carbocycles. The SMILES string of the molecule is CC(C)OCCC(=O)c1ccc(F)c(F)c1. The van der Waals surface area contributed by atoms with Crippen LogP contribution in [-0.2, 0) is 4.74 Å². The summed E-state index contributed by atoms with van der Waals surface area (Å²) < 4.78 is 30.6. The van der Waals surface area contributed by atoms with Gasteiger partial charge in [0.05, 0.1) is 12.7 Å². The van der Waals surface area contributed by atoms with E-state index in [-0.39, 0.29) is 30.5 Å². The van der Waals surface area contributed by atoms with Crippen molar-refractivity contribution >= 4 is 5.78 Å². The van der Waals surface area contributed by atoms with Crippen molar-refractivity contribution < 1.29 is 18.3 Å². The van der Waals surface area contributed by atoms with Gasteiger partial charge in [-0.15, -0.1) is 0 Å². The fraction of sp³-hybridized carbons (Fsp3) is 0.417. The van der Waals surface area contributed by atoms with E-state index in [0.29, 0.717) is 0 Å². The highest BCUT2D eigenvalue weighted by molar-refractivity contribution is 5.96. The average Bonchev–Trinajstić information content (AvgIpc) is 2.21. The maximum atomic E-state index is 12.8. The molecule has 0 aliphatic heterocycles. The minimum Gasteiger partial charge on any atom is -0.378 e. The lowest BCUT2D eigenvalue weighted by molar-refractivity contribution is 0.0678. The molecule has 0 aliphatic rings. The Morgan fingerprint density at radius 2 is 2.00 bits per heavy atom. The second-order valence-electron chi connectivity index (χ2n) is 3.72. The first-order chi connectivity index (χ1) is 7.50. The van der Waals surface area contributed by atoms with Gasteiger partial charge in [0.25, 0.3) is 0 Å². The van der Waals surface area contributed by atoms with Crippen LogP contribution in [0.25, 0.3) is 0 Å². The highest BCUT2D eigenvalue weighted by Crippen LogP contribution is 2.10. The standard InChI is InChI=1S/C12H14F2O2/c1-8(2)16-6-5-12(15)9-3-4-10(13)11(14)7-9/h3-4,7-8H,5-6H2,1-2H3. The topological polar surface area (TPSA) is 26.3 Å². The van der Waals surface area contributed by atoms with Gasteiger partial charge < -0.3 is 4.74 Å². The lowest BCUT2D eigenvalue weighted by Crippen LogP contribution is -2.09. The number of ether oxygens (including phenoxy) is 1. The number of carbonyl (C=O) groups excluding carboxylic acids is 1. The van der Waals surface area contributed by atoms with E-state index in [1.807, 2.05) is 13.8 Å². The van der Waals surface area contributed by atoms with Crippen molar-refractivity contribution in [1.29, 1.82) is 0 Å². The van der Waals surface area contributed by atoms with Crippen molar-refractivity contribution in [1.82, 2.24) is 0 Å². The fourth-order valence-electron chi connectivity index (χ4n) is 1.20. The molecule has 0 spiro atoms. The van der Waals surface area contributed by atoms with Gasteiger partial charge in [0.2, 0.25) is 0 Å². The number of rotatable bonds is 5. The van der Waals surface area contributed by atoms with Crippen molar-refractivity contribution in [3.05, 3.63) is 35.4 Å². The smallest absolute Gasteiger partial charge is 0.165 e. The van der Waals surface area contributed by atoms with Crippen LogP contribution in [-0.4, -0.2) is 18.5 Å². The molecule has 0 saturated carbocycles. The van der Waals surface area contributed by atoms with E-state index in [1.165, 1.54) is 6.07 Å². The summed E-state index contributed by atoms with van der Waals surface area (Å²) in [6.07, 6.45) is 0.223. The lowest BCUT2D eigenvalue weighted by atomic mass is 10.1. The minimum atomic E-state index is -1.00. The van der Waals surface area contributed by atoms with Crippen LogP contribution < -0.4 is 0 Å². The van der Waals surface area contributed by atoms with Gasteiger partial charge in [0.1, 0.15) is 0 Å². The summed E-state index contributed by atoms with van der Waals surface area (Å²) in [5.74, 6) is -2.20. The number of hydrogen-bond donors (Lipinski definition) is 0. The molecular formula is C12H14F2O2. The van der Waals surface area contributed by atoms with E-state index >= 15 is 0 Å². The molecule has 16 heavy (non-hydrogen) atoms. The summed E-state index contributed by atoms with van der Waals surface area (Å²) >= 11 is 0. The molecule has 1 aromatic carbocycles. The van der Waals surface area contributed by atoms with Crippen LogP contribution in [0, 0.1) is 11.6 Å². The molecule has 0 N–H and O–H groups in total. The van der Waals surface area contributed by atoms with E-state index in [1.54, 1.807) is 0 Å². The number of benzene rings is 1. The van der Waals surface area contributed by atoms with E-state index in [4.69, 9.17) is 4.74 Å². The van der Waals surface area contributed by atoms with E-state index < -0.39 is 11.6 Å². The fourth-order valence-corrected chi connectivity index (χ4v) is 1.20. The number of hydrogen-bond acceptors (Lipinski definition) is 2. The van der Waals surface area contributed by atoms with Gasteiger partial charge >= 0.3 is 0 Å². The summed E-state index contributed by atoms with van der Waals surface area (Å²) in [5, 5.41) is 0. The molecule has 0 aromatic heterocycles. The Morgan fingerprint density at radius 1 is 1.31 bits per heavy atom. The zero-order chi connectivity index (χ0) is 12.1. The Kier molecular flexibility index (Phi) is 4.55. The van der Waals surface area contributed by atoms with Crippen LogP contribution in [0.4, 0.5) is 8.78 Å². The quantitative estimate of drug-likeness (QED) is 0.724. The molecule has 88 valence electrons. The lowest BCUT2D eigenvalue weighted by Gasteiger charge is -2.06. The van der Waals surface area contributed by atoms with Gasteiger partial charge in [-0.2, -0.15) is 0 Å². The molecule has 0 heterocycles. The third-order valence-electron chi connectivity index (χ3n) is 2.02. The molecule has 0 saturated heterocycles. The van der Waals surface area contributed by atoms with E-state index in [9.17, 15) is 13.6 Å². The second-order valence-corrected chi connectivity index (χ2v) is 3.72. The Labute approximate surface area is 93.2 Å². The normalized spacial score (nSPS) is 10.8. The third kappa shape index (κ3) is 3.70. The van der Waals surface area contributed by atoms with Crippen molar-refractivity contribution in [3.63, 3.8) is 0 Å². The predicted octanol–water partition coefficient (Wildman–Crippen LogP) is 2.96. The van der Waals surface area contributed by atoms with Crippen LogP contribution in [0.2, 0.25) is 0 Å². The molecule has 0 fully saturated rings. The van der Waals surface area contributed by atoms with Crippen molar-refractivity contribution in [3.8, 4) is 0 Å². The maximum Gasteiger partial charge on any atom is 0.165 e. The zero-order valence-corrected chi connectivity index (χ0v) is 9.30. The van der Waals surface area contributed by atoms with Gasteiger partial charge in [0, 0.05) is 12.0 Å². The van der Waals surface area contributed by atoms with Crippen LogP contribution in [0.5, 0.6) is 0 Å². The Bertz CT molecular complexity index is 375. The first-order valence-corrected chi connectivity index (χ1v) is 5.10. The minimum absolute atomic E-state index is 0.0535. The van der Waals surface area contributed by atoms with Gasteiger partial charge in [-0.1, -0.05) is 0 Å². The van der Waals surface area contributed by atoms with Crippen LogP contribution in [0.1, 0.15) is 30.6 Å². The van der Waals surface area contributed by atoms with Gasteiger partial charge in [0.15, 0.2) is 17.4 Å². The summed E-state index contributed by atoms with van der Waals surface area (Å²) in [6.45, 7) is 4.01. The molecule has 4 heteroatoms. The van der Waals surface area contributed by atoms with Gasteiger partial charge in [-0.25, -0.2) is 8.78 Å². The molecule has 1 aromatic rings. The number of halogens is 2. The third-order valence-corrected chi connectivity index (χ3v) is 2.02. The highest BCUT2D eigenvalue weighted by Gasteiger charge is 2.09. The summed E-state index contributed by atoms with van der Waals surface area (Å²) in [5.41, 5.74) is 0.172. The molecule has 0 unspecified atom stereocenters. The summed E-state index contributed by atoms with van der Waals surface area (Å²) in [7, 11) is 0. The first kappa shape index (κ1) is 12.8. The summed E-state index contributed by atoms with van der Waals surface area (Å²) in [6, 6.07) is 3.13. The molecule has 1 rings (SSSR count). The largest absolute Gasteiger partial charge is 0.378 e. The molecule has 0 bridgehead atoms. The Balaban J connectivity index is 2.56. The van der Waals surface area contributed by atoms with Crippen molar-refractivity contribution in [2.75, 3.05) is 6.61 Å². The van der Waals surface area contributed by atoms with Crippen LogP contribution in [0.15, 0.2) is 18.2 Å². The predicted molar refractivity (Wildman–Crippen MR) is 56.4 cm³/mol. The maximum absolute atomic E-state index is 12.8. The highest BCUT2D eigenvalue weighted by atomic mass is 19.2. The van der Waals surface area contributed by atoms with Gasteiger partial charge in [-0.3, -0.25) is 4.79 Å². The molecule has 0 radical (unpaired) electrons.